The second kappa shape index (κ2) is 9.28. The number of nitrogens with one attached hydrogen (secondary N) is 2. The Balaban J connectivity index is 4.29. The van der Waals surface area contributed by atoms with Crippen molar-refractivity contribution < 1.29 is 34.2 Å². The number of carboxylic acid groups (broad SMARTS) is 2. The molecular formula is C11H17N3O7. The van der Waals surface area contributed by atoms with Gasteiger partial charge in [-0.15, -0.1) is 0 Å². The number of carbonyl (C=O) groups is 5. The van der Waals surface area contributed by atoms with Crippen molar-refractivity contribution in [3.8, 4) is 0 Å². The zero-order chi connectivity index (χ0) is 16.4. The molecule has 0 aromatic heterocycles. The van der Waals surface area contributed by atoms with Crippen LogP contribution in [0, 0.1) is 0 Å². The number of hydrogen-bond donors (Lipinski definition) is 4. The lowest BCUT2D eigenvalue weighted by molar-refractivity contribution is -0.149. The number of carbonyl (C=O) groups excluding carboxylic acids is 3. The zero-order valence-corrected chi connectivity index (χ0v) is 11.4. The minimum atomic E-state index is -1.35. The molecule has 0 saturated heterocycles. The van der Waals surface area contributed by atoms with E-state index in [2.05, 4.69) is 10.6 Å². The molecule has 4 N–H and O–H groups in total. The molecule has 0 radical (unpaired) electrons. The first-order valence-corrected chi connectivity index (χ1v) is 5.95. The SMILES string of the molecule is CNC(=O)CNC(=O)CCC(=O)N(CC(=O)O)CC(=O)O. The van der Waals surface area contributed by atoms with Gasteiger partial charge in [0.15, 0.2) is 0 Å². The molecule has 0 aliphatic carbocycles. The van der Waals surface area contributed by atoms with Crippen LogP contribution in [-0.2, 0) is 24.0 Å². The van der Waals surface area contributed by atoms with Gasteiger partial charge in [0.05, 0.1) is 6.54 Å². The van der Waals surface area contributed by atoms with Gasteiger partial charge in [-0.1, -0.05) is 0 Å². The van der Waals surface area contributed by atoms with E-state index in [4.69, 9.17) is 10.2 Å². The van der Waals surface area contributed by atoms with Crippen LogP contribution in [0.4, 0.5) is 0 Å². The van der Waals surface area contributed by atoms with Gasteiger partial charge >= 0.3 is 11.9 Å². The van der Waals surface area contributed by atoms with E-state index in [-0.39, 0.29) is 19.4 Å². The molecule has 118 valence electrons. The number of hydrogen-bond acceptors (Lipinski definition) is 5. The summed E-state index contributed by atoms with van der Waals surface area (Å²) in [7, 11) is 1.40. The summed E-state index contributed by atoms with van der Waals surface area (Å²) in [5, 5.41) is 21.7. The van der Waals surface area contributed by atoms with E-state index in [1.807, 2.05) is 0 Å². The first-order chi connectivity index (χ1) is 9.76. The van der Waals surface area contributed by atoms with Gasteiger partial charge in [0.1, 0.15) is 13.1 Å². The Morgan fingerprint density at radius 1 is 0.905 bits per heavy atom. The van der Waals surface area contributed by atoms with Gasteiger partial charge in [-0.25, -0.2) is 0 Å². The minimum absolute atomic E-state index is 0.239. The normalized spacial score (nSPS) is 9.57. The Morgan fingerprint density at radius 3 is 1.86 bits per heavy atom. The maximum atomic E-state index is 11.7. The monoisotopic (exact) mass is 303 g/mol. The Morgan fingerprint density at radius 2 is 1.43 bits per heavy atom. The quantitative estimate of drug-likeness (QED) is 0.371. The molecule has 10 heteroatoms. The van der Waals surface area contributed by atoms with Crippen molar-refractivity contribution in [3.05, 3.63) is 0 Å². The molecule has 0 rings (SSSR count). The summed E-state index contributed by atoms with van der Waals surface area (Å²) < 4.78 is 0. The first-order valence-electron chi connectivity index (χ1n) is 5.95. The second-order valence-electron chi connectivity index (χ2n) is 3.99. The van der Waals surface area contributed by atoms with Crippen molar-refractivity contribution in [1.82, 2.24) is 15.5 Å². The van der Waals surface area contributed by atoms with Crippen LogP contribution in [0.1, 0.15) is 12.8 Å². The predicted octanol–water partition coefficient (Wildman–Crippen LogP) is -2.37. The third kappa shape index (κ3) is 8.97. The topological polar surface area (TPSA) is 153 Å². The van der Waals surface area contributed by atoms with Crippen LogP contribution in [0.2, 0.25) is 0 Å². The second-order valence-corrected chi connectivity index (χ2v) is 3.99. The number of amides is 3. The predicted molar refractivity (Wildman–Crippen MR) is 68.2 cm³/mol. The lowest BCUT2D eigenvalue weighted by Crippen LogP contribution is -2.40. The van der Waals surface area contributed by atoms with Crippen molar-refractivity contribution in [1.29, 1.82) is 0 Å². The van der Waals surface area contributed by atoms with E-state index >= 15 is 0 Å². The third-order valence-corrected chi connectivity index (χ3v) is 2.30. The third-order valence-electron chi connectivity index (χ3n) is 2.30. The highest BCUT2D eigenvalue weighted by Crippen LogP contribution is 1.98. The smallest absolute Gasteiger partial charge is 0.323 e. The molecule has 0 spiro atoms. The maximum absolute atomic E-state index is 11.7. The van der Waals surface area contributed by atoms with Gasteiger partial charge in [-0.2, -0.15) is 0 Å². The van der Waals surface area contributed by atoms with Gasteiger partial charge in [-0.05, 0) is 0 Å². The molecule has 0 aromatic rings. The summed E-state index contributed by atoms with van der Waals surface area (Å²) in [6.45, 7) is -1.76. The van der Waals surface area contributed by atoms with Gasteiger partial charge in [0, 0.05) is 19.9 Å². The molecule has 0 bridgehead atoms. The molecule has 0 aromatic carbocycles. The van der Waals surface area contributed by atoms with Crippen molar-refractivity contribution in [2.24, 2.45) is 0 Å². The molecule has 0 aliphatic rings. The number of carboxylic acids is 2. The standard InChI is InChI=1S/C11H17N3O7/c1-12-8(16)4-13-7(15)2-3-9(17)14(5-10(18)19)6-11(20)21/h2-6H2,1H3,(H,12,16)(H,13,15)(H,18,19)(H,20,21). The number of aliphatic carboxylic acids is 2. The Kier molecular flexibility index (Phi) is 8.11. The number of nitrogens with zero attached hydrogens (tertiary/aromatic N) is 1. The molecule has 10 nitrogen and oxygen atoms in total. The van der Waals surface area contributed by atoms with E-state index in [1.54, 1.807) is 0 Å². The van der Waals surface area contributed by atoms with Gasteiger partial charge in [-0.3, -0.25) is 24.0 Å². The van der Waals surface area contributed by atoms with Crippen LogP contribution >= 0.6 is 0 Å². The summed E-state index contributed by atoms with van der Waals surface area (Å²) in [6.07, 6.45) is -0.619. The summed E-state index contributed by atoms with van der Waals surface area (Å²) in [4.78, 5) is 55.6. The van der Waals surface area contributed by atoms with Crippen molar-refractivity contribution >= 4 is 29.7 Å². The lowest BCUT2D eigenvalue weighted by Gasteiger charge is -2.18. The largest absolute Gasteiger partial charge is 0.480 e. The average Bonchev–Trinajstić information content (AvgIpc) is 2.40. The molecule has 0 fully saturated rings. The Hall–Kier alpha value is -2.65. The zero-order valence-electron chi connectivity index (χ0n) is 11.4. The van der Waals surface area contributed by atoms with Crippen LogP contribution in [0.15, 0.2) is 0 Å². The van der Waals surface area contributed by atoms with E-state index in [0.29, 0.717) is 4.90 Å². The van der Waals surface area contributed by atoms with Crippen LogP contribution in [-0.4, -0.2) is 71.5 Å². The molecule has 3 amide bonds. The summed E-state index contributed by atoms with van der Waals surface area (Å²) in [6, 6.07) is 0. The molecule has 0 atom stereocenters. The molecule has 0 unspecified atom stereocenters. The van der Waals surface area contributed by atoms with Gasteiger partial charge in [0.2, 0.25) is 17.7 Å². The lowest BCUT2D eigenvalue weighted by atomic mass is 10.2. The van der Waals surface area contributed by atoms with Crippen LogP contribution in [0.5, 0.6) is 0 Å². The minimum Gasteiger partial charge on any atom is -0.480 e. The van der Waals surface area contributed by atoms with E-state index in [9.17, 15) is 24.0 Å². The van der Waals surface area contributed by atoms with Crippen molar-refractivity contribution in [2.75, 3.05) is 26.7 Å². The average molecular weight is 303 g/mol. The van der Waals surface area contributed by atoms with Crippen molar-refractivity contribution in [3.63, 3.8) is 0 Å². The van der Waals surface area contributed by atoms with E-state index in [1.165, 1.54) is 7.05 Å². The summed E-state index contributed by atoms with van der Waals surface area (Å²) >= 11 is 0. The van der Waals surface area contributed by atoms with E-state index < -0.39 is 42.7 Å². The molecule has 0 saturated carbocycles. The highest BCUT2D eigenvalue weighted by molar-refractivity contribution is 5.89. The molecule has 0 heterocycles. The first kappa shape index (κ1) is 18.4. The van der Waals surface area contributed by atoms with E-state index in [0.717, 1.165) is 0 Å². The molecule has 0 aliphatic heterocycles. The van der Waals surface area contributed by atoms with Crippen molar-refractivity contribution in [2.45, 2.75) is 12.8 Å². The van der Waals surface area contributed by atoms with Gasteiger partial charge in [0.25, 0.3) is 0 Å². The van der Waals surface area contributed by atoms with Gasteiger partial charge < -0.3 is 25.7 Å². The fourth-order valence-electron chi connectivity index (χ4n) is 1.29. The maximum Gasteiger partial charge on any atom is 0.323 e. The summed E-state index contributed by atoms with van der Waals surface area (Å²) in [5.74, 6) is -4.46. The number of likely N-dealkylation sites (N-methyl/N-ethyl adjacent to an activating group) is 1. The highest BCUT2D eigenvalue weighted by atomic mass is 16.4. The van der Waals surface area contributed by atoms with Crippen LogP contribution < -0.4 is 10.6 Å². The Bertz CT molecular complexity index is 420. The summed E-state index contributed by atoms with van der Waals surface area (Å²) in [5.41, 5.74) is 0. The fraction of sp³-hybridized carbons (Fsp3) is 0.545. The highest BCUT2D eigenvalue weighted by Gasteiger charge is 2.20. The van der Waals surface area contributed by atoms with Crippen LogP contribution in [0.25, 0.3) is 0 Å². The Labute approximate surface area is 120 Å². The number of rotatable bonds is 9. The van der Waals surface area contributed by atoms with Crippen LogP contribution in [0.3, 0.4) is 0 Å². The fourth-order valence-corrected chi connectivity index (χ4v) is 1.29. The molecule has 21 heavy (non-hydrogen) atoms. The molecular weight excluding hydrogens is 286 g/mol.